The van der Waals surface area contributed by atoms with Crippen molar-refractivity contribution in [3.63, 3.8) is 0 Å². The largest absolute Gasteiger partial charge is 0.310 e. The Balaban J connectivity index is 1.92. The van der Waals surface area contributed by atoms with Gasteiger partial charge in [0, 0.05) is 17.4 Å². The summed E-state index contributed by atoms with van der Waals surface area (Å²) in [7, 11) is 0. The summed E-state index contributed by atoms with van der Waals surface area (Å²) in [6.07, 6.45) is 3.40. The first-order valence-corrected chi connectivity index (χ1v) is 9.34. The van der Waals surface area contributed by atoms with E-state index in [0.717, 1.165) is 30.6 Å². The van der Waals surface area contributed by atoms with Gasteiger partial charge in [-0.1, -0.05) is 6.42 Å². The number of hydrogen-bond acceptors (Lipinski definition) is 3. The molecule has 1 fully saturated rings. The standard InChI is InChI=1S/C21H25FN4O/c1-14-6-4-5-11-25(14)13-20(27)24-21-19(12-23)15(2)16(3)26(21)18-9-7-17(22)8-10-18/h7-10,14H,4-6,11,13H2,1-3H3,(H,24,27). The van der Waals surface area contributed by atoms with Gasteiger partial charge in [0.25, 0.3) is 0 Å². The van der Waals surface area contributed by atoms with Crippen molar-refractivity contribution in [1.82, 2.24) is 9.47 Å². The van der Waals surface area contributed by atoms with E-state index in [-0.39, 0.29) is 11.7 Å². The van der Waals surface area contributed by atoms with Crippen molar-refractivity contribution in [2.24, 2.45) is 0 Å². The summed E-state index contributed by atoms with van der Waals surface area (Å²) in [5.74, 6) is -0.0136. The number of carbonyl (C=O) groups excluding carboxylic acids is 1. The highest BCUT2D eigenvalue weighted by molar-refractivity contribution is 5.93. The van der Waals surface area contributed by atoms with Gasteiger partial charge in [0.15, 0.2) is 0 Å². The topological polar surface area (TPSA) is 61.1 Å². The molecular formula is C21H25FN4O. The van der Waals surface area contributed by atoms with Crippen LogP contribution in [0.15, 0.2) is 24.3 Å². The van der Waals surface area contributed by atoms with Crippen LogP contribution in [0.2, 0.25) is 0 Å². The molecule has 1 amide bonds. The summed E-state index contributed by atoms with van der Waals surface area (Å²) in [6.45, 7) is 7.11. The quantitative estimate of drug-likeness (QED) is 0.890. The SMILES string of the molecule is Cc1c(C#N)c(NC(=O)CN2CCCCC2C)n(-c2ccc(F)cc2)c1C. The summed E-state index contributed by atoms with van der Waals surface area (Å²) < 4.78 is 15.1. The lowest BCUT2D eigenvalue weighted by molar-refractivity contribution is -0.118. The molecule has 1 saturated heterocycles. The van der Waals surface area contributed by atoms with Crippen molar-refractivity contribution in [1.29, 1.82) is 5.26 Å². The zero-order valence-corrected chi connectivity index (χ0v) is 16.1. The monoisotopic (exact) mass is 368 g/mol. The normalized spacial score (nSPS) is 17.5. The van der Waals surface area contributed by atoms with Crippen LogP contribution in [0.3, 0.4) is 0 Å². The lowest BCUT2D eigenvalue weighted by Crippen LogP contribution is -2.42. The highest BCUT2D eigenvalue weighted by atomic mass is 19.1. The number of likely N-dealkylation sites (tertiary alicyclic amines) is 1. The first-order chi connectivity index (χ1) is 12.9. The van der Waals surface area contributed by atoms with Crippen molar-refractivity contribution in [2.45, 2.75) is 46.1 Å². The maximum atomic E-state index is 13.3. The number of piperidine rings is 1. The zero-order chi connectivity index (χ0) is 19.6. The maximum Gasteiger partial charge on any atom is 0.239 e. The highest BCUT2D eigenvalue weighted by Crippen LogP contribution is 2.30. The summed E-state index contributed by atoms with van der Waals surface area (Å²) in [4.78, 5) is 14.9. The Labute approximate surface area is 159 Å². The fraction of sp³-hybridized carbons (Fsp3) is 0.429. The molecule has 1 unspecified atom stereocenters. The van der Waals surface area contributed by atoms with Gasteiger partial charge < -0.3 is 5.32 Å². The Morgan fingerprint density at radius 2 is 2.00 bits per heavy atom. The number of hydrogen-bond donors (Lipinski definition) is 1. The van der Waals surface area contributed by atoms with Crippen LogP contribution >= 0.6 is 0 Å². The van der Waals surface area contributed by atoms with Crippen LogP contribution < -0.4 is 5.32 Å². The number of halogens is 1. The Bertz CT molecular complexity index is 879. The smallest absolute Gasteiger partial charge is 0.239 e. The van der Waals surface area contributed by atoms with Crippen molar-refractivity contribution in [3.05, 3.63) is 46.9 Å². The second-order valence-electron chi connectivity index (χ2n) is 7.22. The number of carbonyl (C=O) groups is 1. The lowest BCUT2D eigenvalue weighted by Gasteiger charge is -2.32. The third-order valence-corrected chi connectivity index (χ3v) is 5.46. The second kappa shape index (κ2) is 7.93. The van der Waals surface area contributed by atoms with E-state index in [1.54, 1.807) is 12.1 Å². The minimum absolute atomic E-state index is 0.138. The number of rotatable bonds is 4. The molecule has 1 N–H and O–H groups in total. The van der Waals surface area contributed by atoms with Gasteiger partial charge in [0.1, 0.15) is 17.7 Å². The fourth-order valence-corrected chi connectivity index (χ4v) is 3.72. The Morgan fingerprint density at radius 1 is 1.30 bits per heavy atom. The van der Waals surface area contributed by atoms with Crippen molar-refractivity contribution in [3.8, 4) is 11.8 Å². The molecule has 6 heteroatoms. The maximum absolute atomic E-state index is 13.3. The molecule has 1 aromatic carbocycles. The summed E-state index contributed by atoms with van der Waals surface area (Å²) in [6, 6.07) is 8.62. The van der Waals surface area contributed by atoms with Crippen LogP contribution in [0.1, 0.15) is 43.0 Å². The van der Waals surface area contributed by atoms with E-state index < -0.39 is 0 Å². The number of nitrogens with zero attached hydrogens (tertiary/aromatic N) is 3. The highest BCUT2D eigenvalue weighted by Gasteiger charge is 2.24. The van der Waals surface area contributed by atoms with Crippen molar-refractivity contribution >= 4 is 11.7 Å². The van der Waals surface area contributed by atoms with Gasteiger partial charge in [-0.15, -0.1) is 0 Å². The van der Waals surface area contributed by atoms with E-state index in [4.69, 9.17) is 0 Å². The molecule has 0 radical (unpaired) electrons. The lowest BCUT2D eigenvalue weighted by atomic mass is 10.0. The molecular weight excluding hydrogens is 343 g/mol. The van der Waals surface area contributed by atoms with Crippen molar-refractivity contribution < 1.29 is 9.18 Å². The fourth-order valence-electron chi connectivity index (χ4n) is 3.72. The van der Waals surface area contributed by atoms with E-state index in [9.17, 15) is 14.4 Å². The van der Waals surface area contributed by atoms with E-state index in [1.165, 1.54) is 18.6 Å². The minimum atomic E-state index is -0.328. The summed E-state index contributed by atoms with van der Waals surface area (Å²) in [5, 5.41) is 12.6. The van der Waals surface area contributed by atoms with Crippen LogP contribution in [0, 0.1) is 31.0 Å². The number of amides is 1. The van der Waals surface area contributed by atoms with Gasteiger partial charge in [0.05, 0.1) is 12.1 Å². The van der Waals surface area contributed by atoms with Gasteiger partial charge in [-0.05, 0) is 70.0 Å². The Morgan fingerprint density at radius 3 is 2.63 bits per heavy atom. The van der Waals surface area contributed by atoms with Gasteiger partial charge in [-0.3, -0.25) is 14.3 Å². The predicted octanol–water partition coefficient (Wildman–Crippen LogP) is 3.92. The molecule has 1 aliphatic rings. The molecule has 5 nitrogen and oxygen atoms in total. The molecule has 0 aliphatic carbocycles. The van der Waals surface area contributed by atoms with Crippen LogP contribution in [0.5, 0.6) is 0 Å². The third-order valence-electron chi connectivity index (χ3n) is 5.46. The summed E-state index contributed by atoms with van der Waals surface area (Å²) in [5.41, 5.74) is 2.81. The van der Waals surface area contributed by atoms with E-state index >= 15 is 0 Å². The molecule has 2 heterocycles. The van der Waals surface area contributed by atoms with Crippen LogP contribution in [-0.4, -0.2) is 34.5 Å². The van der Waals surface area contributed by atoms with E-state index in [1.807, 2.05) is 18.4 Å². The average molecular weight is 368 g/mol. The van der Waals surface area contributed by atoms with Gasteiger partial charge in [0.2, 0.25) is 5.91 Å². The molecule has 1 aromatic heterocycles. The minimum Gasteiger partial charge on any atom is -0.310 e. The molecule has 0 saturated carbocycles. The van der Waals surface area contributed by atoms with Gasteiger partial charge in [-0.25, -0.2) is 4.39 Å². The second-order valence-corrected chi connectivity index (χ2v) is 7.22. The first kappa shape index (κ1) is 19.1. The molecule has 1 atom stereocenters. The Kier molecular flexibility index (Phi) is 5.62. The average Bonchev–Trinajstić information content (AvgIpc) is 2.88. The number of nitrogens with one attached hydrogen (secondary N) is 1. The number of anilines is 1. The van der Waals surface area contributed by atoms with Gasteiger partial charge >= 0.3 is 0 Å². The van der Waals surface area contributed by atoms with E-state index in [0.29, 0.717) is 29.7 Å². The number of aromatic nitrogens is 1. The molecule has 27 heavy (non-hydrogen) atoms. The summed E-state index contributed by atoms with van der Waals surface area (Å²) >= 11 is 0. The molecule has 3 rings (SSSR count). The van der Waals surface area contributed by atoms with Crippen LogP contribution in [-0.2, 0) is 4.79 Å². The van der Waals surface area contributed by atoms with Crippen LogP contribution in [0.4, 0.5) is 10.2 Å². The zero-order valence-electron chi connectivity index (χ0n) is 16.1. The first-order valence-electron chi connectivity index (χ1n) is 9.34. The number of nitriles is 1. The molecule has 0 bridgehead atoms. The van der Waals surface area contributed by atoms with Crippen molar-refractivity contribution in [2.75, 3.05) is 18.4 Å². The van der Waals surface area contributed by atoms with Gasteiger partial charge in [-0.2, -0.15) is 5.26 Å². The number of benzene rings is 1. The predicted molar refractivity (Wildman–Crippen MR) is 103 cm³/mol. The molecule has 142 valence electrons. The molecule has 1 aliphatic heterocycles. The third kappa shape index (κ3) is 3.88. The van der Waals surface area contributed by atoms with E-state index in [2.05, 4.69) is 23.2 Å². The Hall–Kier alpha value is -2.65. The van der Waals surface area contributed by atoms with Crippen LogP contribution in [0.25, 0.3) is 5.69 Å². The molecule has 2 aromatic rings. The molecule has 0 spiro atoms.